The van der Waals surface area contributed by atoms with Gasteiger partial charge in [-0.1, -0.05) is 76.1 Å². The standard InChI is InChI=1S/C21H28F2/c1-4-6-7-9-18-10-12-20(13-11-18)21(16-22)15-14-19(8-5-2)17(3)23/h10-15H,3-9,16H2,1-2H3/b19-14-,21-15+. The summed E-state index contributed by atoms with van der Waals surface area (Å²) in [5.74, 6) is -0.437. The molecule has 0 heterocycles. The molecule has 0 aliphatic carbocycles. The van der Waals surface area contributed by atoms with E-state index in [4.69, 9.17) is 0 Å². The maximum absolute atomic E-state index is 13.3. The van der Waals surface area contributed by atoms with Crippen LogP contribution in [0, 0.1) is 0 Å². The molecule has 23 heavy (non-hydrogen) atoms. The van der Waals surface area contributed by atoms with Crippen LogP contribution in [0.3, 0.4) is 0 Å². The number of hydrogen-bond acceptors (Lipinski definition) is 0. The summed E-state index contributed by atoms with van der Waals surface area (Å²) in [7, 11) is 0. The van der Waals surface area contributed by atoms with E-state index >= 15 is 0 Å². The zero-order chi connectivity index (χ0) is 17.1. The lowest BCUT2D eigenvalue weighted by Gasteiger charge is -2.06. The molecule has 2 heteroatoms. The molecule has 0 fully saturated rings. The highest BCUT2D eigenvalue weighted by molar-refractivity contribution is 5.68. The summed E-state index contributed by atoms with van der Waals surface area (Å²) in [6.45, 7) is 6.94. The Balaban J connectivity index is 2.86. The van der Waals surface area contributed by atoms with E-state index in [1.54, 1.807) is 12.2 Å². The molecule has 0 aliphatic rings. The Bertz CT molecular complexity index is 535. The molecule has 0 amide bonds. The molecule has 1 aromatic carbocycles. The first-order chi connectivity index (χ1) is 11.1. The van der Waals surface area contributed by atoms with Gasteiger partial charge in [-0.2, -0.15) is 0 Å². The first-order valence-corrected chi connectivity index (χ1v) is 8.52. The molecule has 0 unspecified atom stereocenters. The number of halogens is 2. The quantitative estimate of drug-likeness (QED) is 0.322. The number of unbranched alkanes of at least 4 members (excludes halogenated alkanes) is 2. The van der Waals surface area contributed by atoms with Crippen LogP contribution in [0.1, 0.15) is 57.1 Å². The van der Waals surface area contributed by atoms with Gasteiger partial charge in [0.2, 0.25) is 0 Å². The number of alkyl halides is 1. The van der Waals surface area contributed by atoms with Crippen molar-refractivity contribution in [3.63, 3.8) is 0 Å². The first-order valence-electron chi connectivity index (χ1n) is 8.52. The zero-order valence-corrected chi connectivity index (χ0v) is 14.4. The fourth-order valence-corrected chi connectivity index (χ4v) is 2.46. The van der Waals surface area contributed by atoms with Crippen LogP contribution in [0.25, 0.3) is 5.57 Å². The lowest BCUT2D eigenvalue weighted by atomic mass is 10.0. The van der Waals surface area contributed by atoms with E-state index in [2.05, 4.69) is 25.6 Å². The van der Waals surface area contributed by atoms with Gasteiger partial charge in [-0.05, 0) is 41.5 Å². The van der Waals surface area contributed by atoms with Crippen molar-refractivity contribution in [1.29, 1.82) is 0 Å². The number of benzene rings is 1. The minimum Gasteiger partial charge on any atom is -0.246 e. The van der Waals surface area contributed by atoms with Crippen molar-refractivity contribution in [2.75, 3.05) is 6.67 Å². The first kappa shape index (κ1) is 19.3. The van der Waals surface area contributed by atoms with Crippen molar-refractivity contribution >= 4 is 5.57 Å². The average molecular weight is 318 g/mol. The SMILES string of the molecule is C=C(F)/C(=C\C=C(/CF)c1ccc(CCCCC)cc1)CCC. The van der Waals surface area contributed by atoms with Crippen LogP contribution in [0.15, 0.2) is 54.4 Å². The highest BCUT2D eigenvalue weighted by Crippen LogP contribution is 2.20. The van der Waals surface area contributed by atoms with E-state index in [-0.39, 0.29) is 0 Å². The van der Waals surface area contributed by atoms with Crippen LogP contribution in [0.5, 0.6) is 0 Å². The van der Waals surface area contributed by atoms with E-state index in [0.29, 0.717) is 17.6 Å². The van der Waals surface area contributed by atoms with E-state index in [1.165, 1.54) is 24.8 Å². The minimum absolute atomic E-state index is 0.437. The smallest absolute Gasteiger partial charge is 0.119 e. The molecular weight excluding hydrogens is 290 g/mol. The van der Waals surface area contributed by atoms with Gasteiger partial charge in [0.15, 0.2) is 0 Å². The number of rotatable bonds is 10. The Hall–Kier alpha value is -1.70. The molecule has 126 valence electrons. The Morgan fingerprint density at radius 3 is 2.26 bits per heavy atom. The number of allylic oxidation sites excluding steroid dienone is 5. The number of aryl methyl sites for hydroxylation is 1. The summed E-state index contributed by atoms with van der Waals surface area (Å²) in [6.07, 6.45) is 9.45. The average Bonchev–Trinajstić information content (AvgIpc) is 2.55. The van der Waals surface area contributed by atoms with Crippen LogP contribution < -0.4 is 0 Å². The lowest BCUT2D eigenvalue weighted by molar-refractivity contribution is 0.571. The second kappa shape index (κ2) is 10.9. The molecule has 0 nitrogen and oxygen atoms in total. The summed E-state index contributed by atoms with van der Waals surface area (Å²) in [5.41, 5.74) is 3.23. The van der Waals surface area contributed by atoms with Gasteiger partial charge in [-0.15, -0.1) is 0 Å². The van der Waals surface area contributed by atoms with Crippen LogP contribution >= 0.6 is 0 Å². The largest absolute Gasteiger partial charge is 0.246 e. The van der Waals surface area contributed by atoms with Gasteiger partial charge in [-0.3, -0.25) is 0 Å². The van der Waals surface area contributed by atoms with Crippen LogP contribution in [-0.2, 0) is 6.42 Å². The highest BCUT2D eigenvalue weighted by atomic mass is 19.1. The van der Waals surface area contributed by atoms with Crippen molar-refractivity contribution in [2.24, 2.45) is 0 Å². The predicted molar refractivity (Wildman–Crippen MR) is 96.9 cm³/mol. The molecule has 0 atom stereocenters. The molecule has 0 radical (unpaired) electrons. The van der Waals surface area contributed by atoms with Crippen LogP contribution in [-0.4, -0.2) is 6.67 Å². The summed E-state index contributed by atoms with van der Waals surface area (Å²) in [5, 5.41) is 0. The molecule has 0 saturated heterocycles. The second-order valence-electron chi connectivity index (χ2n) is 5.83. The summed E-state index contributed by atoms with van der Waals surface area (Å²) < 4.78 is 26.6. The maximum Gasteiger partial charge on any atom is 0.119 e. The normalized spacial score (nSPS) is 12.5. The molecular formula is C21H28F2. The maximum atomic E-state index is 13.3. The van der Waals surface area contributed by atoms with E-state index < -0.39 is 12.5 Å². The molecule has 0 spiro atoms. The van der Waals surface area contributed by atoms with Crippen molar-refractivity contribution in [3.8, 4) is 0 Å². The second-order valence-corrected chi connectivity index (χ2v) is 5.83. The molecule has 0 aliphatic heterocycles. The summed E-state index contributed by atoms with van der Waals surface area (Å²) in [4.78, 5) is 0. The fraction of sp³-hybridized carbons (Fsp3) is 0.429. The van der Waals surface area contributed by atoms with Gasteiger partial charge in [0.25, 0.3) is 0 Å². The number of hydrogen-bond donors (Lipinski definition) is 0. The molecule has 1 aromatic rings. The zero-order valence-electron chi connectivity index (χ0n) is 14.4. The Morgan fingerprint density at radius 1 is 1.04 bits per heavy atom. The van der Waals surface area contributed by atoms with E-state index in [0.717, 1.165) is 18.4 Å². The van der Waals surface area contributed by atoms with Crippen molar-refractivity contribution < 1.29 is 8.78 Å². The van der Waals surface area contributed by atoms with E-state index in [1.807, 2.05) is 19.1 Å². The van der Waals surface area contributed by atoms with Gasteiger partial charge in [-0.25, -0.2) is 8.78 Å². The van der Waals surface area contributed by atoms with Gasteiger partial charge in [0, 0.05) is 0 Å². The van der Waals surface area contributed by atoms with Crippen molar-refractivity contribution in [2.45, 2.75) is 52.4 Å². The Morgan fingerprint density at radius 2 is 1.74 bits per heavy atom. The topological polar surface area (TPSA) is 0 Å². The molecule has 1 rings (SSSR count). The third-order valence-electron chi connectivity index (χ3n) is 3.89. The lowest BCUT2D eigenvalue weighted by Crippen LogP contribution is -1.90. The Kier molecular flexibility index (Phi) is 9.20. The highest BCUT2D eigenvalue weighted by Gasteiger charge is 2.03. The molecule has 0 bridgehead atoms. The van der Waals surface area contributed by atoms with Gasteiger partial charge in [0.1, 0.15) is 12.5 Å². The van der Waals surface area contributed by atoms with Crippen molar-refractivity contribution in [3.05, 3.63) is 65.5 Å². The van der Waals surface area contributed by atoms with Crippen molar-refractivity contribution in [1.82, 2.24) is 0 Å². The van der Waals surface area contributed by atoms with Gasteiger partial charge in [0.05, 0.1) is 0 Å². The minimum atomic E-state index is -0.566. The third-order valence-corrected chi connectivity index (χ3v) is 3.89. The monoisotopic (exact) mass is 318 g/mol. The Labute approximate surface area is 139 Å². The fourth-order valence-electron chi connectivity index (χ4n) is 2.46. The molecule has 0 aromatic heterocycles. The van der Waals surface area contributed by atoms with Gasteiger partial charge >= 0.3 is 0 Å². The predicted octanol–water partition coefficient (Wildman–Crippen LogP) is 6.98. The van der Waals surface area contributed by atoms with Crippen LogP contribution in [0.4, 0.5) is 8.78 Å². The summed E-state index contributed by atoms with van der Waals surface area (Å²) in [6, 6.07) is 8.01. The molecule has 0 N–H and O–H groups in total. The summed E-state index contributed by atoms with van der Waals surface area (Å²) >= 11 is 0. The van der Waals surface area contributed by atoms with Gasteiger partial charge < -0.3 is 0 Å². The molecule has 0 saturated carbocycles. The van der Waals surface area contributed by atoms with E-state index in [9.17, 15) is 8.78 Å². The third kappa shape index (κ3) is 6.94. The van der Waals surface area contributed by atoms with Crippen LogP contribution in [0.2, 0.25) is 0 Å².